The summed E-state index contributed by atoms with van der Waals surface area (Å²) in [5.41, 5.74) is 9.51. The van der Waals surface area contributed by atoms with Crippen molar-refractivity contribution < 1.29 is 5.11 Å². The van der Waals surface area contributed by atoms with Gasteiger partial charge in [-0.2, -0.15) is 5.10 Å². The van der Waals surface area contributed by atoms with E-state index in [9.17, 15) is 5.11 Å². The third kappa shape index (κ3) is 4.36. The molecule has 0 amide bonds. The molecule has 0 fully saturated rings. The molecule has 2 aromatic rings. The molecule has 0 spiro atoms. The van der Waals surface area contributed by atoms with Crippen molar-refractivity contribution in [3.63, 3.8) is 0 Å². The molecular weight excluding hydrogens is 294 g/mol. The van der Waals surface area contributed by atoms with Crippen LogP contribution in [0, 0.1) is 13.8 Å². The highest BCUT2D eigenvalue weighted by Crippen LogP contribution is 2.23. The summed E-state index contributed by atoms with van der Waals surface area (Å²) in [4.78, 5) is 0. The molecular formula is C17H19N3OS. The maximum atomic E-state index is 10.0. The monoisotopic (exact) mass is 313 g/mol. The van der Waals surface area contributed by atoms with E-state index < -0.39 is 0 Å². The molecule has 0 aliphatic rings. The van der Waals surface area contributed by atoms with E-state index in [2.05, 4.69) is 10.2 Å². The van der Waals surface area contributed by atoms with E-state index in [4.69, 9.17) is 5.73 Å². The maximum absolute atomic E-state index is 10.0. The lowest BCUT2D eigenvalue weighted by molar-refractivity contribution is 0.469. The minimum atomic E-state index is 0.231. The van der Waals surface area contributed by atoms with Crippen molar-refractivity contribution in [1.82, 2.24) is 0 Å². The lowest BCUT2D eigenvalue weighted by atomic mass is 10.1. The molecule has 0 saturated heterocycles. The molecule has 0 aliphatic carbocycles. The number of amidine groups is 1. The van der Waals surface area contributed by atoms with E-state index in [1.165, 1.54) is 23.5 Å². The van der Waals surface area contributed by atoms with Gasteiger partial charge >= 0.3 is 0 Å². The molecule has 3 N–H and O–H groups in total. The van der Waals surface area contributed by atoms with E-state index >= 15 is 0 Å². The summed E-state index contributed by atoms with van der Waals surface area (Å²) >= 11 is 1.43. The number of nitrogens with two attached hydrogens (primary N) is 1. The largest absolute Gasteiger partial charge is 0.507 e. The average molecular weight is 313 g/mol. The van der Waals surface area contributed by atoms with E-state index in [-0.39, 0.29) is 5.75 Å². The van der Waals surface area contributed by atoms with Crippen molar-refractivity contribution in [1.29, 1.82) is 0 Å². The van der Waals surface area contributed by atoms with Crippen molar-refractivity contribution in [2.45, 2.75) is 19.6 Å². The molecule has 0 bridgehead atoms. The highest BCUT2D eigenvalue weighted by molar-refractivity contribution is 8.13. The van der Waals surface area contributed by atoms with Gasteiger partial charge in [0.1, 0.15) is 5.75 Å². The van der Waals surface area contributed by atoms with Crippen LogP contribution in [0.3, 0.4) is 0 Å². The minimum Gasteiger partial charge on any atom is -0.507 e. The van der Waals surface area contributed by atoms with Gasteiger partial charge < -0.3 is 10.8 Å². The van der Waals surface area contributed by atoms with Gasteiger partial charge in [-0.25, -0.2) is 0 Å². The Labute approximate surface area is 134 Å². The van der Waals surface area contributed by atoms with Gasteiger partial charge in [0.2, 0.25) is 0 Å². The zero-order valence-electron chi connectivity index (χ0n) is 12.7. The third-order valence-electron chi connectivity index (χ3n) is 3.32. The Morgan fingerprint density at radius 3 is 2.64 bits per heavy atom. The number of thioether (sulfide) groups is 1. The fourth-order valence-electron chi connectivity index (χ4n) is 1.83. The summed E-state index contributed by atoms with van der Waals surface area (Å²) < 4.78 is 0. The summed E-state index contributed by atoms with van der Waals surface area (Å²) in [7, 11) is 0. The number of rotatable bonds is 4. The van der Waals surface area contributed by atoms with Crippen LogP contribution in [-0.4, -0.2) is 16.5 Å². The van der Waals surface area contributed by atoms with Gasteiger partial charge in [0, 0.05) is 11.3 Å². The van der Waals surface area contributed by atoms with Crippen molar-refractivity contribution in [2.24, 2.45) is 15.9 Å². The smallest absolute Gasteiger partial charge is 0.180 e. The zero-order valence-corrected chi connectivity index (χ0v) is 13.5. The molecule has 0 heterocycles. The molecule has 5 heteroatoms. The van der Waals surface area contributed by atoms with E-state index in [1.54, 1.807) is 0 Å². The quantitative estimate of drug-likeness (QED) is 0.515. The van der Waals surface area contributed by atoms with Gasteiger partial charge in [-0.1, -0.05) is 48.2 Å². The SMILES string of the molecule is Cc1ccc(C=NN=C(N)SCc2ccccc2)c(O)c1C. The van der Waals surface area contributed by atoms with Gasteiger partial charge in [0.05, 0.1) is 6.21 Å². The van der Waals surface area contributed by atoms with Crippen LogP contribution in [0.5, 0.6) is 5.75 Å². The number of phenolic OH excluding ortho intramolecular Hbond substituents is 1. The standard InChI is InChI=1S/C17H19N3OS/c1-12-8-9-15(16(21)13(12)2)10-19-20-17(18)22-11-14-6-4-3-5-7-14/h3-10,21H,11H2,1-2H3,(H2,18,20). The normalized spacial score (nSPS) is 12.0. The lowest BCUT2D eigenvalue weighted by Gasteiger charge is -2.05. The van der Waals surface area contributed by atoms with Crippen LogP contribution in [0.4, 0.5) is 0 Å². The van der Waals surface area contributed by atoms with Crippen molar-refractivity contribution in [2.75, 3.05) is 0 Å². The predicted molar refractivity (Wildman–Crippen MR) is 94.5 cm³/mol. The molecule has 2 rings (SSSR count). The second-order valence-electron chi connectivity index (χ2n) is 4.90. The average Bonchev–Trinajstić information content (AvgIpc) is 2.54. The Hall–Kier alpha value is -2.27. The number of hydrogen-bond donors (Lipinski definition) is 2. The molecule has 114 valence electrons. The number of aromatic hydroxyl groups is 1. The Kier molecular flexibility index (Phi) is 5.61. The number of benzene rings is 2. The molecule has 0 atom stereocenters. The highest BCUT2D eigenvalue weighted by Gasteiger charge is 2.04. The lowest BCUT2D eigenvalue weighted by Crippen LogP contribution is -2.06. The van der Waals surface area contributed by atoms with Crippen LogP contribution in [0.25, 0.3) is 0 Å². The summed E-state index contributed by atoms with van der Waals surface area (Å²) in [5, 5.41) is 18.3. The van der Waals surface area contributed by atoms with Gasteiger partial charge in [-0.05, 0) is 36.6 Å². The van der Waals surface area contributed by atoms with Crippen LogP contribution in [0.15, 0.2) is 52.7 Å². The molecule has 0 saturated carbocycles. The van der Waals surface area contributed by atoms with Gasteiger partial charge in [-0.15, -0.1) is 5.10 Å². The first-order valence-corrected chi connectivity index (χ1v) is 7.89. The summed E-state index contributed by atoms with van der Waals surface area (Å²) in [5.74, 6) is 0.982. The zero-order chi connectivity index (χ0) is 15.9. The van der Waals surface area contributed by atoms with E-state index in [0.717, 1.165) is 16.9 Å². The van der Waals surface area contributed by atoms with Crippen molar-refractivity contribution >= 4 is 23.1 Å². The molecule has 0 aliphatic heterocycles. The van der Waals surface area contributed by atoms with Crippen LogP contribution >= 0.6 is 11.8 Å². The van der Waals surface area contributed by atoms with Gasteiger partial charge in [0.25, 0.3) is 0 Å². The fourth-order valence-corrected chi connectivity index (χ4v) is 2.45. The highest BCUT2D eigenvalue weighted by atomic mass is 32.2. The first kappa shape index (κ1) is 16.1. The molecule has 22 heavy (non-hydrogen) atoms. The van der Waals surface area contributed by atoms with Crippen molar-refractivity contribution in [3.05, 3.63) is 64.7 Å². The number of phenols is 1. The molecule has 0 aromatic heterocycles. The maximum Gasteiger partial charge on any atom is 0.180 e. The van der Waals surface area contributed by atoms with E-state index in [1.807, 2.05) is 56.3 Å². The topological polar surface area (TPSA) is 71.0 Å². The van der Waals surface area contributed by atoms with E-state index in [0.29, 0.717) is 10.7 Å². The predicted octanol–water partition coefficient (Wildman–Crippen LogP) is 3.59. The number of hydrogen-bond acceptors (Lipinski definition) is 4. The first-order chi connectivity index (χ1) is 10.6. The number of nitrogens with zero attached hydrogens (tertiary/aromatic N) is 2. The van der Waals surface area contributed by atoms with Gasteiger partial charge in [-0.3, -0.25) is 0 Å². The second-order valence-corrected chi connectivity index (χ2v) is 5.90. The Morgan fingerprint density at radius 1 is 1.18 bits per heavy atom. The van der Waals surface area contributed by atoms with Crippen molar-refractivity contribution in [3.8, 4) is 5.75 Å². The first-order valence-electron chi connectivity index (χ1n) is 6.90. The Balaban J connectivity index is 1.97. The number of aryl methyl sites for hydroxylation is 1. The van der Waals surface area contributed by atoms with Gasteiger partial charge in [0.15, 0.2) is 5.17 Å². The van der Waals surface area contributed by atoms with Crippen LogP contribution < -0.4 is 5.73 Å². The molecule has 0 unspecified atom stereocenters. The Bertz CT molecular complexity index is 697. The van der Waals surface area contributed by atoms with Crippen LogP contribution in [-0.2, 0) is 5.75 Å². The van der Waals surface area contributed by atoms with Crippen LogP contribution in [0.2, 0.25) is 0 Å². The molecule has 2 aromatic carbocycles. The summed E-state index contributed by atoms with van der Waals surface area (Å²) in [6, 6.07) is 13.8. The minimum absolute atomic E-state index is 0.231. The Morgan fingerprint density at radius 2 is 1.91 bits per heavy atom. The second kappa shape index (κ2) is 7.66. The third-order valence-corrected chi connectivity index (χ3v) is 4.17. The fraction of sp³-hybridized carbons (Fsp3) is 0.176. The van der Waals surface area contributed by atoms with Crippen LogP contribution in [0.1, 0.15) is 22.3 Å². The molecule has 0 radical (unpaired) electrons. The molecule has 4 nitrogen and oxygen atoms in total. The summed E-state index contributed by atoms with van der Waals surface area (Å²) in [6.45, 7) is 3.82. The summed E-state index contributed by atoms with van der Waals surface area (Å²) in [6.07, 6.45) is 1.51.